The maximum atomic E-state index is 13.7. The smallest absolute Gasteiger partial charge is 0.229 e. The molecule has 0 saturated carbocycles. The molecule has 0 radical (unpaired) electrons. The van der Waals surface area contributed by atoms with Crippen LogP contribution in [0.4, 0.5) is 10.1 Å². The summed E-state index contributed by atoms with van der Waals surface area (Å²) in [5.41, 5.74) is 1.23. The average molecular weight is 300 g/mol. The van der Waals surface area contributed by atoms with Gasteiger partial charge in [0.2, 0.25) is 10.0 Å². The highest BCUT2D eigenvalue weighted by Crippen LogP contribution is 2.32. The molecule has 0 fully saturated rings. The zero-order valence-electron chi connectivity index (χ0n) is 10.0. The lowest BCUT2D eigenvalue weighted by molar-refractivity contribution is 0.607. The summed E-state index contributed by atoms with van der Waals surface area (Å²) in [6.45, 7) is 0. The summed E-state index contributed by atoms with van der Waals surface area (Å²) in [6.07, 6.45) is 1.05. The first-order chi connectivity index (χ1) is 8.87. The molecule has 0 atom stereocenters. The van der Waals surface area contributed by atoms with E-state index in [0.717, 1.165) is 6.26 Å². The molecule has 0 aromatic heterocycles. The monoisotopic (exact) mass is 299 g/mol. The molecule has 0 heterocycles. The van der Waals surface area contributed by atoms with Gasteiger partial charge >= 0.3 is 0 Å². The third-order valence-corrected chi connectivity index (χ3v) is 3.36. The highest BCUT2D eigenvalue weighted by molar-refractivity contribution is 7.92. The highest BCUT2D eigenvalue weighted by Gasteiger charge is 2.10. The van der Waals surface area contributed by atoms with Crippen LogP contribution in [0.5, 0.6) is 0 Å². The van der Waals surface area contributed by atoms with Gasteiger partial charge in [-0.1, -0.05) is 35.9 Å². The zero-order chi connectivity index (χ0) is 14.0. The Bertz CT molecular complexity index is 716. The van der Waals surface area contributed by atoms with Crippen molar-refractivity contribution in [1.29, 1.82) is 0 Å². The maximum absolute atomic E-state index is 13.7. The lowest BCUT2D eigenvalue weighted by Crippen LogP contribution is -2.09. The van der Waals surface area contributed by atoms with Crippen molar-refractivity contribution in [2.75, 3.05) is 11.0 Å². The molecule has 0 aliphatic rings. The largest absolute Gasteiger partial charge is 0.284 e. The van der Waals surface area contributed by atoms with Gasteiger partial charge in [0.15, 0.2) is 0 Å². The van der Waals surface area contributed by atoms with Gasteiger partial charge in [0, 0.05) is 16.8 Å². The van der Waals surface area contributed by atoms with Crippen LogP contribution in [-0.4, -0.2) is 14.7 Å². The average Bonchev–Trinajstić information content (AvgIpc) is 2.28. The van der Waals surface area contributed by atoms with Crippen LogP contribution in [0.3, 0.4) is 0 Å². The fourth-order valence-electron chi connectivity index (χ4n) is 1.69. The summed E-state index contributed by atoms with van der Waals surface area (Å²) in [5, 5.41) is 0.277. The number of sulfonamides is 1. The van der Waals surface area contributed by atoms with Gasteiger partial charge in [-0.05, 0) is 18.2 Å². The molecule has 0 spiro atoms. The first kappa shape index (κ1) is 13.8. The summed E-state index contributed by atoms with van der Waals surface area (Å²) < 4.78 is 38.2. The SMILES string of the molecule is CS(=O)(=O)Nc1ccc(-c2ccccc2F)c(Cl)c1. The van der Waals surface area contributed by atoms with Crippen LogP contribution in [0.15, 0.2) is 42.5 Å². The number of halogens is 2. The van der Waals surface area contributed by atoms with E-state index in [4.69, 9.17) is 11.6 Å². The first-order valence-electron chi connectivity index (χ1n) is 5.39. The first-order valence-corrected chi connectivity index (χ1v) is 7.66. The lowest BCUT2D eigenvalue weighted by Gasteiger charge is -2.09. The van der Waals surface area contributed by atoms with Gasteiger partial charge in [0.25, 0.3) is 0 Å². The van der Waals surface area contributed by atoms with E-state index in [0.29, 0.717) is 16.8 Å². The number of hydrogen-bond donors (Lipinski definition) is 1. The van der Waals surface area contributed by atoms with E-state index in [-0.39, 0.29) is 10.8 Å². The minimum absolute atomic E-state index is 0.277. The molecule has 2 aromatic rings. The number of nitrogens with one attached hydrogen (secondary N) is 1. The molecular formula is C13H11ClFNO2S. The standard InChI is InChI=1S/C13H11ClFNO2S/c1-19(17,18)16-9-6-7-10(12(14)8-9)11-4-2-3-5-13(11)15/h2-8,16H,1H3. The van der Waals surface area contributed by atoms with Gasteiger partial charge in [-0.15, -0.1) is 0 Å². The van der Waals surface area contributed by atoms with E-state index >= 15 is 0 Å². The van der Waals surface area contributed by atoms with Crippen LogP contribution in [0.2, 0.25) is 5.02 Å². The molecule has 100 valence electrons. The normalized spacial score (nSPS) is 11.3. The van der Waals surface area contributed by atoms with Crippen molar-refractivity contribution in [2.45, 2.75) is 0 Å². The summed E-state index contributed by atoms with van der Waals surface area (Å²) >= 11 is 6.06. The second-order valence-corrected chi connectivity index (χ2v) is 6.20. The molecule has 1 N–H and O–H groups in total. The number of anilines is 1. The van der Waals surface area contributed by atoms with Crippen molar-refractivity contribution in [3.8, 4) is 11.1 Å². The molecule has 0 saturated heterocycles. The molecule has 2 aromatic carbocycles. The molecule has 6 heteroatoms. The predicted molar refractivity (Wildman–Crippen MR) is 75.3 cm³/mol. The molecule has 0 unspecified atom stereocenters. The fourth-order valence-corrected chi connectivity index (χ4v) is 2.53. The molecular weight excluding hydrogens is 289 g/mol. The Balaban J connectivity index is 2.43. The van der Waals surface area contributed by atoms with Crippen LogP contribution < -0.4 is 4.72 Å². The molecule has 0 aliphatic heterocycles. The number of rotatable bonds is 3. The lowest BCUT2D eigenvalue weighted by atomic mass is 10.0. The number of benzene rings is 2. The van der Waals surface area contributed by atoms with Gasteiger partial charge in [0.1, 0.15) is 5.82 Å². The fraction of sp³-hybridized carbons (Fsp3) is 0.0769. The van der Waals surface area contributed by atoms with Crippen LogP contribution in [0.25, 0.3) is 11.1 Å². The minimum atomic E-state index is -3.36. The Morgan fingerprint density at radius 2 is 1.79 bits per heavy atom. The second kappa shape index (κ2) is 5.19. The predicted octanol–water partition coefficient (Wildman–Crippen LogP) is 3.52. The minimum Gasteiger partial charge on any atom is -0.284 e. The molecule has 3 nitrogen and oxygen atoms in total. The van der Waals surface area contributed by atoms with Gasteiger partial charge in [-0.25, -0.2) is 12.8 Å². The van der Waals surface area contributed by atoms with E-state index in [9.17, 15) is 12.8 Å². The molecule has 19 heavy (non-hydrogen) atoms. The third kappa shape index (κ3) is 3.45. The van der Waals surface area contributed by atoms with E-state index < -0.39 is 10.0 Å². The van der Waals surface area contributed by atoms with Crippen LogP contribution >= 0.6 is 11.6 Å². The Morgan fingerprint density at radius 3 is 2.37 bits per heavy atom. The second-order valence-electron chi connectivity index (χ2n) is 4.05. The quantitative estimate of drug-likeness (QED) is 0.942. The van der Waals surface area contributed by atoms with Crippen molar-refractivity contribution in [3.63, 3.8) is 0 Å². The highest BCUT2D eigenvalue weighted by atomic mass is 35.5. The van der Waals surface area contributed by atoms with Gasteiger partial charge in [-0.2, -0.15) is 0 Å². The van der Waals surface area contributed by atoms with Crippen molar-refractivity contribution in [2.24, 2.45) is 0 Å². The van der Waals surface area contributed by atoms with Crippen molar-refractivity contribution < 1.29 is 12.8 Å². The van der Waals surface area contributed by atoms with E-state index in [1.807, 2.05) is 0 Å². The van der Waals surface area contributed by atoms with Crippen molar-refractivity contribution >= 4 is 27.3 Å². The zero-order valence-corrected chi connectivity index (χ0v) is 11.6. The van der Waals surface area contributed by atoms with Crippen LogP contribution in [-0.2, 0) is 10.0 Å². The Morgan fingerprint density at radius 1 is 1.11 bits per heavy atom. The van der Waals surface area contributed by atoms with Gasteiger partial charge < -0.3 is 0 Å². The molecule has 0 aliphatic carbocycles. The van der Waals surface area contributed by atoms with Gasteiger partial charge in [0.05, 0.1) is 11.3 Å². The summed E-state index contributed by atoms with van der Waals surface area (Å²) in [5.74, 6) is -0.381. The Hall–Kier alpha value is -1.59. The maximum Gasteiger partial charge on any atom is 0.229 e. The van der Waals surface area contributed by atoms with Crippen LogP contribution in [0.1, 0.15) is 0 Å². The Kier molecular flexibility index (Phi) is 3.78. The van der Waals surface area contributed by atoms with Crippen molar-refractivity contribution in [3.05, 3.63) is 53.3 Å². The molecule has 0 amide bonds. The van der Waals surface area contributed by atoms with E-state index in [1.165, 1.54) is 18.2 Å². The van der Waals surface area contributed by atoms with Crippen LogP contribution in [0, 0.1) is 5.82 Å². The van der Waals surface area contributed by atoms with Gasteiger partial charge in [-0.3, -0.25) is 4.72 Å². The molecule has 0 bridgehead atoms. The van der Waals surface area contributed by atoms with E-state index in [2.05, 4.69) is 4.72 Å². The third-order valence-electron chi connectivity index (χ3n) is 2.44. The number of hydrogen-bond acceptors (Lipinski definition) is 2. The topological polar surface area (TPSA) is 46.2 Å². The Labute approximate surface area is 116 Å². The summed E-state index contributed by atoms with van der Waals surface area (Å²) in [6, 6.07) is 10.8. The van der Waals surface area contributed by atoms with E-state index in [1.54, 1.807) is 24.3 Å². The summed E-state index contributed by atoms with van der Waals surface area (Å²) in [4.78, 5) is 0. The molecule has 2 rings (SSSR count). The van der Waals surface area contributed by atoms with Crippen molar-refractivity contribution in [1.82, 2.24) is 0 Å². The summed E-state index contributed by atoms with van der Waals surface area (Å²) in [7, 11) is -3.36.